The van der Waals surface area contributed by atoms with Gasteiger partial charge in [0.1, 0.15) is 0 Å². The first-order valence-electron chi connectivity index (χ1n) is 6.98. The van der Waals surface area contributed by atoms with Gasteiger partial charge >= 0.3 is 0 Å². The molecule has 0 saturated heterocycles. The molecule has 0 radical (unpaired) electrons. The predicted molar refractivity (Wildman–Crippen MR) is 103 cm³/mol. The summed E-state index contributed by atoms with van der Waals surface area (Å²) in [6.45, 7) is 0. The van der Waals surface area contributed by atoms with E-state index in [1.807, 2.05) is 79.7 Å². The molecule has 0 heterocycles. The highest BCUT2D eigenvalue weighted by molar-refractivity contribution is 14.1. The van der Waals surface area contributed by atoms with Gasteiger partial charge in [-0.05, 0) is 70.1 Å². The van der Waals surface area contributed by atoms with E-state index in [4.69, 9.17) is 0 Å². The lowest BCUT2D eigenvalue weighted by molar-refractivity contribution is -0.110. The highest BCUT2D eigenvalue weighted by atomic mass is 125. The number of carbonyl (C=O) groups is 1. The zero-order valence-electron chi connectivity index (χ0n) is 12.7. The first-order chi connectivity index (χ1) is 10.5. The fourth-order valence-electron chi connectivity index (χ4n) is 1.87. The predicted octanol–water partition coefficient (Wildman–Crippen LogP) is 4.65. The lowest BCUT2D eigenvalue weighted by Gasteiger charge is -2.11. The number of nitrogens with zero attached hydrogens (tertiary/aromatic N) is 1. The van der Waals surface area contributed by atoms with E-state index in [-0.39, 0.29) is 5.78 Å². The smallest absolute Gasteiger partial charge is 0.178 e. The fraction of sp³-hybridized carbons (Fsp3) is 0.105. The van der Waals surface area contributed by atoms with Crippen LogP contribution in [0.3, 0.4) is 0 Å². The lowest BCUT2D eigenvalue weighted by Crippen LogP contribution is -2.07. The van der Waals surface area contributed by atoms with Crippen LogP contribution in [-0.2, 0) is 4.79 Å². The zero-order valence-corrected chi connectivity index (χ0v) is 14.8. The molecular weight excluding hydrogens is 383 g/mol. The van der Waals surface area contributed by atoms with Gasteiger partial charge in [0.25, 0.3) is 0 Å². The van der Waals surface area contributed by atoms with Crippen LogP contribution in [0.5, 0.6) is 0 Å². The summed E-state index contributed by atoms with van der Waals surface area (Å²) in [6.07, 6.45) is 6.85. The second-order valence-corrected chi connectivity index (χ2v) is 6.35. The molecule has 2 aromatic carbocycles. The average Bonchev–Trinajstić information content (AvgIpc) is 2.52. The topological polar surface area (TPSA) is 20.3 Å². The third kappa shape index (κ3) is 5.15. The van der Waals surface area contributed by atoms with Crippen molar-refractivity contribution < 1.29 is 4.79 Å². The van der Waals surface area contributed by atoms with Crippen LogP contribution in [-0.4, -0.2) is 19.9 Å². The van der Waals surface area contributed by atoms with Crippen LogP contribution in [0, 0.1) is 3.57 Å². The molecule has 2 rings (SSSR count). The zero-order chi connectivity index (χ0) is 15.9. The summed E-state index contributed by atoms with van der Waals surface area (Å²) in [5.41, 5.74) is 3.18. The Bertz CT molecular complexity index is 682. The molecule has 0 bridgehead atoms. The van der Waals surface area contributed by atoms with Gasteiger partial charge in [-0.1, -0.05) is 36.4 Å². The summed E-state index contributed by atoms with van der Waals surface area (Å²) < 4.78 is 1.18. The Morgan fingerprint density at radius 1 is 0.864 bits per heavy atom. The Morgan fingerprint density at radius 3 is 1.77 bits per heavy atom. The summed E-state index contributed by atoms with van der Waals surface area (Å²) in [6, 6.07) is 16.1. The van der Waals surface area contributed by atoms with E-state index in [0.29, 0.717) is 0 Å². The molecule has 0 aliphatic rings. The Balaban J connectivity index is 1.97. The molecule has 0 atom stereocenters. The molecule has 0 saturated carbocycles. The summed E-state index contributed by atoms with van der Waals surface area (Å²) in [5, 5.41) is 0. The monoisotopic (exact) mass is 401 g/mol. The first kappa shape index (κ1) is 16.5. The molecule has 112 valence electrons. The number of ketones is 1. The van der Waals surface area contributed by atoms with E-state index in [0.717, 1.165) is 16.8 Å². The van der Waals surface area contributed by atoms with Crippen molar-refractivity contribution in [1.82, 2.24) is 0 Å². The standard InChI is InChI=1S/C19H18INO/c1-21(2)18-11-5-16(6-12-18)8-14-19(22)13-7-15-3-9-17(20)10-4-15/h3-14H,1-2H3/b13-7+,14-8+/i20-2. The van der Waals surface area contributed by atoms with Crippen molar-refractivity contribution >= 4 is 46.2 Å². The molecule has 22 heavy (non-hydrogen) atoms. The Kier molecular flexibility index (Phi) is 5.95. The molecule has 0 amide bonds. The normalized spacial score (nSPS) is 11.2. The summed E-state index contributed by atoms with van der Waals surface area (Å²) >= 11 is 2.26. The number of rotatable bonds is 5. The van der Waals surface area contributed by atoms with Crippen LogP contribution in [0.25, 0.3) is 12.2 Å². The van der Waals surface area contributed by atoms with Crippen molar-refractivity contribution in [3.63, 3.8) is 0 Å². The van der Waals surface area contributed by atoms with Crippen molar-refractivity contribution in [3.8, 4) is 0 Å². The van der Waals surface area contributed by atoms with Crippen LogP contribution in [0.1, 0.15) is 11.1 Å². The van der Waals surface area contributed by atoms with Gasteiger partial charge in [0.2, 0.25) is 0 Å². The minimum atomic E-state index is -0.0183. The molecule has 0 spiro atoms. The molecular formula is C19H18INO. The van der Waals surface area contributed by atoms with Gasteiger partial charge in [-0.2, -0.15) is 0 Å². The van der Waals surface area contributed by atoms with Gasteiger partial charge in [0.05, 0.1) is 0 Å². The van der Waals surface area contributed by atoms with E-state index < -0.39 is 0 Å². The number of benzene rings is 2. The molecule has 3 heteroatoms. The molecule has 0 fully saturated rings. The first-order valence-corrected chi connectivity index (χ1v) is 8.05. The lowest BCUT2D eigenvalue weighted by atomic mass is 10.1. The van der Waals surface area contributed by atoms with Gasteiger partial charge in [-0.15, -0.1) is 0 Å². The van der Waals surface area contributed by atoms with E-state index in [1.165, 1.54) is 3.57 Å². The van der Waals surface area contributed by atoms with E-state index >= 15 is 0 Å². The number of hydrogen-bond donors (Lipinski definition) is 0. The third-order valence-electron chi connectivity index (χ3n) is 3.16. The van der Waals surface area contributed by atoms with Crippen LogP contribution in [0.2, 0.25) is 0 Å². The average molecular weight is 401 g/mol. The maximum absolute atomic E-state index is 11.8. The van der Waals surface area contributed by atoms with Crippen molar-refractivity contribution in [1.29, 1.82) is 0 Å². The summed E-state index contributed by atoms with van der Waals surface area (Å²) in [4.78, 5) is 13.9. The van der Waals surface area contributed by atoms with Crippen LogP contribution >= 0.6 is 22.6 Å². The van der Waals surface area contributed by atoms with E-state index in [9.17, 15) is 4.79 Å². The maximum atomic E-state index is 11.8. The van der Waals surface area contributed by atoms with Crippen molar-refractivity contribution in [2.24, 2.45) is 0 Å². The van der Waals surface area contributed by atoms with Gasteiger partial charge < -0.3 is 4.90 Å². The van der Waals surface area contributed by atoms with Gasteiger partial charge in [-0.25, -0.2) is 0 Å². The third-order valence-corrected chi connectivity index (χ3v) is 3.88. The van der Waals surface area contributed by atoms with Crippen molar-refractivity contribution in [2.45, 2.75) is 0 Å². The molecule has 0 unspecified atom stereocenters. The van der Waals surface area contributed by atoms with Gasteiger partial charge in [0, 0.05) is 23.4 Å². The number of halogens is 1. The van der Waals surface area contributed by atoms with Crippen LogP contribution < -0.4 is 4.90 Å². The minimum Gasteiger partial charge on any atom is -0.378 e. The van der Waals surface area contributed by atoms with Crippen LogP contribution in [0.4, 0.5) is 5.69 Å². The SMILES string of the molecule is CN(C)c1ccc(/C=C/C(=O)/C=C/c2ccc([125I])cc2)cc1. The van der Waals surface area contributed by atoms with Gasteiger partial charge in [-0.3, -0.25) is 4.79 Å². The molecule has 0 aliphatic carbocycles. The molecule has 2 nitrogen and oxygen atoms in total. The van der Waals surface area contributed by atoms with E-state index in [2.05, 4.69) is 22.6 Å². The molecule has 0 aromatic heterocycles. The Hall–Kier alpha value is -1.88. The molecule has 0 N–H and O–H groups in total. The number of anilines is 1. The number of carbonyl (C=O) groups excluding carboxylic acids is 1. The van der Waals surface area contributed by atoms with Crippen LogP contribution in [0.15, 0.2) is 60.7 Å². The quantitative estimate of drug-likeness (QED) is 0.537. The van der Waals surface area contributed by atoms with Crippen molar-refractivity contribution in [2.75, 3.05) is 19.0 Å². The second-order valence-electron chi connectivity index (χ2n) is 5.11. The van der Waals surface area contributed by atoms with E-state index in [1.54, 1.807) is 12.2 Å². The fourth-order valence-corrected chi connectivity index (χ4v) is 2.23. The van der Waals surface area contributed by atoms with Crippen molar-refractivity contribution in [3.05, 3.63) is 75.4 Å². The number of hydrogen-bond acceptors (Lipinski definition) is 2. The number of allylic oxidation sites excluding steroid dienone is 2. The van der Waals surface area contributed by atoms with Gasteiger partial charge in [0.15, 0.2) is 5.78 Å². The highest BCUT2D eigenvalue weighted by Crippen LogP contribution is 2.13. The summed E-state index contributed by atoms with van der Waals surface area (Å²) in [7, 11) is 4.01. The molecule has 0 aliphatic heterocycles. The second kappa shape index (κ2) is 7.94. The Morgan fingerprint density at radius 2 is 1.32 bits per heavy atom. The maximum Gasteiger partial charge on any atom is 0.178 e. The largest absolute Gasteiger partial charge is 0.378 e. The molecule has 2 aromatic rings. The Labute approximate surface area is 145 Å². The summed E-state index contributed by atoms with van der Waals surface area (Å²) in [5.74, 6) is -0.0183. The highest BCUT2D eigenvalue weighted by Gasteiger charge is 1.95. The minimum absolute atomic E-state index is 0.0183.